The minimum absolute atomic E-state index is 0.170. The van der Waals surface area contributed by atoms with E-state index in [0.717, 1.165) is 37.9 Å². The van der Waals surface area contributed by atoms with Gasteiger partial charge >= 0.3 is 0 Å². The molecule has 1 saturated heterocycles. The largest absolute Gasteiger partial charge is 0.486 e. The molecular formula is C18H23ClN2O3. The van der Waals surface area contributed by atoms with Gasteiger partial charge in [-0.2, -0.15) is 0 Å². The van der Waals surface area contributed by atoms with Crippen LogP contribution >= 0.6 is 11.6 Å². The Labute approximate surface area is 147 Å². The van der Waals surface area contributed by atoms with Crippen LogP contribution in [0.3, 0.4) is 0 Å². The number of amides is 1. The zero-order valence-electron chi connectivity index (χ0n) is 13.7. The van der Waals surface area contributed by atoms with Crippen LogP contribution < -0.4 is 20.1 Å². The zero-order valence-corrected chi connectivity index (χ0v) is 14.5. The van der Waals surface area contributed by atoms with Crippen molar-refractivity contribution in [3.05, 3.63) is 22.7 Å². The summed E-state index contributed by atoms with van der Waals surface area (Å²) in [4.78, 5) is 12.9. The number of nitrogens with one attached hydrogen (secondary N) is 2. The first-order valence-electron chi connectivity index (χ1n) is 8.76. The monoisotopic (exact) mass is 350 g/mol. The van der Waals surface area contributed by atoms with Gasteiger partial charge in [0.1, 0.15) is 13.2 Å². The lowest BCUT2D eigenvalue weighted by Gasteiger charge is -2.37. The molecular weight excluding hydrogens is 328 g/mol. The molecule has 1 aromatic carbocycles. The Morgan fingerprint density at radius 2 is 2.21 bits per heavy atom. The average molecular weight is 351 g/mol. The first-order chi connectivity index (χ1) is 11.7. The van der Waals surface area contributed by atoms with Crippen LogP contribution in [0.25, 0.3) is 0 Å². The van der Waals surface area contributed by atoms with E-state index in [4.69, 9.17) is 21.1 Å². The number of hydrogen-bond acceptors (Lipinski definition) is 4. The summed E-state index contributed by atoms with van der Waals surface area (Å²) in [5, 5.41) is 7.08. The molecule has 2 fully saturated rings. The summed E-state index contributed by atoms with van der Waals surface area (Å²) in [6, 6.07) is 3.75. The number of benzene rings is 1. The third-order valence-corrected chi connectivity index (χ3v) is 5.88. The molecule has 1 saturated carbocycles. The fraction of sp³-hybridized carbons (Fsp3) is 0.611. The Balaban J connectivity index is 1.47. The van der Waals surface area contributed by atoms with Gasteiger partial charge in [0.05, 0.1) is 10.4 Å². The number of fused-ring (bicyclic) bond motifs is 2. The fourth-order valence-electron chi connectivity index (χ4n) is 4.32. The molecule has 24 heavy (non-hydrogen) atoms. The lowest BCUT2D eigenvalue weighted by Crippen LogP contribution is -2.47. The summed E-state index contributed by atoms with van der Waals surface area (Å²) in [6.45, 7) is 3.26. The van der Waals surface area contributed by atoms with Crippen molar-refractivity contribution in [2.75, 3.05) is 26.3 Å². The zero-order chi connectivity index (χ0) is 16.6. The molecule has 5 nitrogen and oxygen atoms in total. The third kappa shape index (κ3) is 2.74. The van der Waals surface area contributed by atoms with E-state index in [1.807, 2.05) is 12.1 Å². The van der Waals surface area contributed by atoms with Crippen LogP contribution in [-0.4, -0.2) is 32.2 Å². The molecule has 0 aromatic heterocycles. The highest BCUT2D eigenvalue weighted by Crippen LogP contribution is 2.44. The second kappa shape index (κ2) is 6.45. The minimum Gasteiger partial charge on any atom is -0.486 e. The number of carbonyl (C=O) groups is 1. The molecule has 3 aliphatic rings. The van der Waals surface area contributed by atoms with Crippen molar-refractivity contribution >= 4 is 17.5 Å². The smallest absolute Gasteiger partial charge is 0.228 e. The quantitative estimate of drug-likeness (QED) is 0.879. The van der Waals surface area contributed by atoms with Crippen LogP contribution in [0.15, 0.2) is 12.1 Å². The number of ether oxygens (including phenoxy) is 2. The Morgan fingerprint density at radius 1 is 1.33 bits per heavy atom. The van der Waals surface area contributed by atoms with E-state index in [0.29, 0.717) is 42.2 Å². The predicted octanol–water partition coefficient (Wildman–Crippen LogP) is 2.51. The van der Waals surface area contributed by atoms with E-state index in [9.17, 15) is 4.79 Å². The molecule has 0 radical (unpaired) electrons. The van der Waals surface area contributed by atoms with E-state index in [1.54, 1.807) is 0 Å². The van der Waals surface area contributed by atoms with E-state index >= 15 is 0 Å². The van der Waals surface area contributed by atoms with Crippen molar-refractivity contribution in [3.8, 4) is 11.5 Å². The molecule has 2 heterocycles. The van der Waals surface area contributed by atoms with Crippen LogP contribution in [0, 0.1) is 11.3 Å². The molecule has 2 atom stereocenters. The van der Waals surface area contributed by atoms with Crippen LogP contribution in [0.2, 0.25) is 5.02 Å². The lowest BCUT2D eigenvalue weighted by molar-refractivity contribution is -0.134. The summed E-state index contributed by atoms with van der Waals surface area (Å²) in [5.41, 5.74) is 0.711. The van der Waals surface area contributed by atoms with Crippen molar-refractivity contribution in [1.82, 2.24) is 10.6 Å². The van der Waals surface area contributed by atoms with E-state index < -0.39 is 0 Å². The normalized spacial score (nSPS) is 28.3. The molecule has 1 aromatic rings. The highest BCUT2D eigenvalue weighted by atomic mass is 35.5. The Morgan fingerprint density at radius 3 is 3.12 bits per heavy atom. The maximum absolute atomic E-state index is 12.9. The van der Waals surface area contributed by atoms with Gasteiger partial charge in [-0.1, -0.05) is 24.4 Å². The molecule has 1 aliphatic carbocycles. The molecule has 130 valence electrons. The summed E-state index contributed by atoms with van der Waals surface area (Å²) in [5.74, 6) is 1.90. The molecule has 0 bridgehead atoms. The van der Waals surface area contributed by atoms with Crippen molar-refractivity contribution in [3.63, 3.8) is 0 Å². The first-order valence-corrected chi connectivity index (χ1v) is 9.14. The second-order valence-electron chi connectivity index (χ2n) is 7.01. The lowest BCUT2D eigenvalue weighted by atomic mass is 9.67. The Bertz CT molecular complexity index is 651. The van der Waals surface area contributed by atoms with Crippen molar-refractivity contribution in [1.29, 1.82) is 0 Å². The van der Waals surface area contributed by atoms with Gasteiger partial charge in [-0.25, -0.2) is 0 Å². The van der Waals surface area contributed by atoms with Crippen LogP contribution in [0.5, 0.6) is 11.5 Å². The SMILES string of the molecule is O=C(NCc1cc(Cl)c2c(c1)OCCO2)[C@@]12CCCC[C@H]1CNC2. The molecule has 1 amide bonds. The van der Waals surface area contributed by atoms with Crippen molar-refractivity contribution < 1.29 is 14.3 Å². The second-order valence-corrected chi connectivity index (χ2v) is 7.42. The fourth-order valence-corrected chi connectivity index (χ4v) is 4.60. The van der Waals surface area contributed by atoms with Gasteiger partial charge in [-0.05, 0) is 43.0 Å². The highest BCUT2D eigenvalue weighted by Gasteiger charge is 2.49. The molecule has 2 N–H and O–H groups in total. The maximum atomic E-state index is 12.9. The molecule has 2 aliphatic heterocycles. The molecule has 4 rings (SSSR count). The van der Waals surface area contributed by atoms with Gasteiger partial charge in [0.15, 0.2) is 11.5 Å². The van der Waals surface area contributed by atoms with Gasteiger partial charge in [-0.15, -0.1) is 0 Å². The molecule has 6 heteroatoms. The van der Waals surface area contributed by atoms with Gasteiger partial charge in [0.25, 0.3) is 0 Å². The standard InChI is InChI=1S/C18H23ClN2O3/c19-14-7-12(8-15-16(14)24-6-5-23-15)9-21-17(22)18-4-2-1-3-13(18)10-20-11-18/h7-8,13,20H,1-6,9-11H2,(H,21,22)/t13-,18+/m0/s1. The third-order valence-electron chi connectivity index (χ3n) is 5.60. The summed E-state index contributed by atoms with van der Waals surface area (Å²) >= 11 is 6.27. The summed E-state index contributed by atoms with van der Waals surface area (Å²) in [7, 11) is 0. The van der Waals surface area contributed by atoms with Gasteiger partial charge in [0, 0.05) is 13.1 Å². The van der Waals surface area contributed by atoms with Gasteiger partial charge < -0.3 is 20.1 Å². The summed E-state index contributed by atoms with van der Waals surface area (Å²) < 4.78 is 11.1. The predicted molar refractivity (Wildman–Crippen MR) is 91.5 cm³/mol. The van der Waals surface area contributed by atoms with E-state index in [-0.39, 0.29) is 11.3 Å². The highest BCUT2D eigenvalue weighted by molar-refractivity contribution is 6.32. The van der Waals surface area contributed by atoms with Crippen LogP contribution in [0.1, 0.15) is 31.2 Å². The molecule has 0 spiro atoms. The van der Waals surface area contributed by atoms with Gasteiger partial charge in [-0.3, -0.25) is 4.79 Å². The van der Waals surface area contributed by atoms with Gasteiger partial charge in [0.2, 0.25) is 5.91 Å². The van der Waals surface area contributed by atoms with Crippen LogP contribution in [-0.2, 0) is 11.3 Å². The first kappa shape index (κ1) is 16.0. The number of halogens is 1. The minimum atomic E-state index is -0.226. The average Bonchev–Trinajstić information content (AvgIpc) is 3.05. The van der Waals surface area contributed by atoms with E-state index in [2.05, 4.69) is 10.6 Å². The Hall–Kier alpha value is -1.46. The van der Waals surface area contributed by atoms with Crippen LogP contribution in [0.4, 0.5) is 0 Å². The van der Waals surface area contributed by atoms with Crippen molar-refractivity contribution in [2.24, 2.45) is 11.3 Å². The number of carbonyl (C=O) groups excluding carboxylic acids is 1. The van der Waals surface area contributed by atoms with Crippen molar-refractivity contribution in [2.45, 2.75) is 32.2 Å². The topological polar surface area (TPSA) is 59.6 Å². The Kier molecular flexibility index (Phi) is 4.31. The maximum Gasteiger partial charge on any atom is 0.228 e. The van der Waals surface area contributed by atoms with E-state index in [1.165, 1.54) is 6.42 Å². The molecule has 0 unspecified atom stereocenters. The summed E-state index contributed by atoms with van der Waals surface area (Å²) in [6.07, 6.45) is 4.51. The number of hydrogen-bond donors (Lipinski definition) is 2. The number of rotatable bonds is 3.